The molecule has 1 aliphatic rings. The summed E-state index contributed by atoms with van der Waals surface area (Å²) in [7, 11) is -0.280. The summed E-state index contributed by atoms with van der Waals surface area (Å²) in [5.41, 5.74) is 1.57. The molecule has 0 unspecified atom stereocenters. The Labute approximate surface area is 177 Å². The number of ether oxygens (including phenoxy) is 2. The van der Waals surface area contributed by atoms with E-state index in [1.165, 1.54) is 10.4 Å². The monoisotopic (exact) mass is 430 g/mol. The molecule has 1 heterocycles. The number of hydrogen-bond donors (Lipinski definition) is 0. The molecule has 0 bridgehead atoms. The SMILES string of the molecule is COc1ccc(/C=C/C(=O)N2CCN(S(=O)(=O)Cc3ccccc3)CC2)cc1OC. The van der Waals surface area contributed by atoms with Gasteiger partial charge in [-0.25, -0.2) is 8.42 Å². The van der Waals surface area contributed by atoms with Gasteiger partial charge in [0.05, 0.1) is 20.0 Å². The van der Waals surface area contributed by atoms with Gasteiger partial charge in [-0.3, -0.25) is 4.79 Å². The molecule has 8 heteroatoms. The van der Waals surface area contributed by atoms with Crippen molar-refractivity contribution >= 4 is 22.0 Å². The predicted octanol–water partition coefficient (Wildman–Crippen LogP) is 2.39. The van der Waals surface area contributed by atoms with Crippen molar-refractivity contribution in [3.8, 4) is 11.5 Å². The van der Waals surface area contributed by atoms with Crippen LogP contribution < -0.4 is 9.47 Å². The molecule has 2 aromatic carbocycles. The number of hydrogen-bond acceptors (Lipinski definition) is 5. The first-order valence-corrected chi connectivity index (χ1v) is 11.2. The van der Waals surface area contributed by atoms with Crippen LogP contribution in [0.2, 0.25) is 0 Å². The third-order valence-electron chi connectivity index (χ3n) is 4.96. The van der Waals surface area contributed by atoms with E-state index in [2.05, 4.69) is 0 Å². The summed E-state index contributed by atoms with van der Waals surface area (Å²) < 4.78 is 37.2. The third-order valence-corrected chi connectivity index (χ3v) is 6.81. The molecule has 0 aliphatic carbocycles. The maximum Gasteiger partial charge on any atom is 0.246 e. The summed E-state index contributed by atoms with van der Waals surface area (Å²) in [5.74, 6) is 1.03. The van der Waals surface area contributed by atoms with Crippen LogP contribution in [0.5, 0.6) is 11.5 Å². The molecule has 0 saturated carbocycles. The van der Waals surface area contributed by atoms with Crippen molar-refractivity contribution in [2.75, 3.05) is 40.4 Å². The number of piperazine rings is 1. The standard InChI is InChI=1S/C22H26N2O5S/c1-28-20-10-8-18(16-21(20)29-2)9-11-22(25)23-12-14-24(15-13-23)30(26,27)17-19-6-4-3-5-7-19/h3-11,16H,12-15,17H2,1-2H3/b11-9+. The molecule has 0 N–H and O–H groups in total. The average Bonchev–Trinajstić information content (AvgIpc) is 2.77. The van der Waals surface area contributed by atoms with Gasteiger partial charge in [0.15, 0.2) is 11.5 Å². The Balaban J connectivity index is 1.57. The molecule has 0 aromatic heterocycles. The number of benzene rings is 2. The predicted molar refractivity (Wildman–Crippen MR) is 116 cm³/mol. The summed E-state index contributed by atoms with van der Waals surface area (Å²) in [5, 5.41) is 0. The number of rotatable bonds is 7. The third kappa shape index (κ3) is 5.40. The Morgan fingerprint density at radius 2 is 1.63 bits per heavy atom. The van der Waals surface area contributed by atoms with E-state index in [4.69, 9.17) is 9.47 Å². The van der Waals surface area contributed by atoms with Crippen LogP contribution in [-0.4, -0.2) is 63.9 Å². The Hall–Kier alpha value is -2.84. The van der Waals surface area contributed by atoms with Crippen LogP contribution in [0.25, 0.3) is 6.08 Å². The van der Waals surface area contributed by atoms with E-state index in [-0.39, 0.29) is 11.7 Å². The van der Waals surface area contributed by atoms with Gasteiger partial charge in [-0.05, 0) is 29.3 Å². The molecule has 0 atom stereocenters. The van der Waals surface area contributed by atoms with Gasteiger partial charge in [0, 0.05) is 32.3 Å². The van der Waals surface area contributed by atoms with Crippen molar-refractivity contribution in [3.05, 3.63) is 65.7 Å². The first kappa shape index (κ1) is 21.9. The van der Waals surface area contributed by atoms with Gasteiger partial charge in [-0.15, -0.1) is 0 Å². The summed E-state index contributed by atoms with van der Waals surface area (Å²) >= 11 is 0. The fourth-order valence-corrected chi connectivity index (χ4v) is 4.81. The van der Waals surface area contributed by atoms with Crippen LogP contribution in [-0.2, 0) is 20.6 Å². The van der Waals surface area contributed by atoms with Crippen molar-refractivity contribution in [3.63, 3.8) is 0 Å². The number of sulfonamides is 1. The second-order valence-corrected chi connectivity index (χ2v) is 8.88. The van der Waals surface area contributed by atoms with Crippen molar-refractivity contribution in [1.82, 2.24) is 9.21 Å². The zero-order valence-corrected chi connectivity index (χ0v) is 18.0. The van der Waals surface area contributed by atoms with Gasteiger partial charge >= 0.3 is 0 Å². The normalized spacial score (nSPS) is 15.3. The van der Waals surface area contributed by atoms with Crippen molar-refractivity contribution in [1.29, 1.82) is 0 Å². The van der Waals surface area contributed by atoms with Gasteiger partial charge in [0.2, 0.25) is 15.9 Å². The van der Waals surface area contributed by atoms with Gasteiger partial charge in [-0.2, -0.15) is 4.31 Å². The summed E-state index contributed by atoms with van der Waals surface area (Å²) in [4.78, 5) is 14.2. The van der Waals surface area contributed by atoms with Gasteiger partial charge < -0.3 is 14.4 Å². The zero-order valence-electron chi connectivity index (χ0n) is 17.2. The fourth-order valence-electron chi connectivity index (χ4n) is 3.29. The Morgan fingerprint density at radius 3 is 2.27 bits per heavy atom. The minimum atomic E-state index is -3.40. The van der Waals surface area contributed by atoms with Crippen LogP contribution in [0.3, 0.4) is 0 Å². The van der Waals surface area contributed by atoms with Crippen LogP contribution >= 0.6 is 0 Å². The fraction of sp³-hybridized carbons (Fsp3) is 0.318. The highest BCUT2D eigenvalue weighted by Gasteiger charge is 2.28. The van der Waals surface area contributed by atoms with E-state index in [1.807, 2.05) is 24.3 Å². The largest absolute Gasteiger partial charge is 0.493 e. The maximum absolute atomic E-state index is 12.6. The molecule has 0 radical (unpaired) electrons. The highest BCUT2D eigenvalue weighted by Crippen LogP contribution is 2.28. The molecule has 3 rings (SSSR count). The molecule has 0 spiro atoms. The van der Waals surface area contributed by atoms with E-state index in [0.29, 0.717) is 37.7 Å². The van der Waals surface area contributed by atoms with E-state index in [1.54, 1.807) is 49.5 Å². The zero-order chi connectivity index (χ0) is 21.6. The lowest BCUT2D eigenvalue weighted by Crippen LogP contribution is -2.50. The maximum atomic E-state index is 12.6. The molecule has 1 fully saturated rings. The highest BCUT2D eigenvalue weighted by atomic mass is 32.2. The molecular weight excluding hydrogens is 404 g/mol. The quantitative estimate of drug-likeness (QED) is 0.631. The molecule has 160 valence electrons. The average molecular weight is 431 g/mol. The molecule has 1 aliphatic heterocycles. The Bertz CT molecular complexity index is 997. The lowest BCUT2D eigenvalue weighted by atomic mass is 10.2. The second-order valence-electron chi connectivity index (χ2n) is 6.91. The number of amides is 1. The smallest absolute Gasteiger partial charge is 0.246 e. The van der Waals surface area contributed by atoms with Gasteiger partial charge in [0.1, 0.15) is 0 Å². The Morgan fingerprint density at radius 1 is 0.967 bits per heavy atom. The summed E-state index contributed by atoms with van der Waals surface area (Å²) in [6.07, 6.45) is 3.21. The molecule has 2 aromatic rings. The molecule has 1 saturated heterocycles. The minimum absolute atomic E-state index is 0.0268. The van der Waals surface area contributed by atoms with E-state index >= 15 is 0 Å². The van der Waals surface area contributed by atoms with E-state index in [9.17, 15) is 13.2 Å². The van der Waals surface area contributed by atoms with Crippen molar-refractivity contribution < 1.29 is 22.7 Å². The van der Waals surface area contributed by atoms with E-state index < -0.39 is 10.0 Å². The number of carbonyl (C=O) groups excluding carboxylic acids is 1. The topological polar surface area (TPSA) is 76.2 Å². The first-order valence-electron chi connectivity index (χ1n) is 9.63. The number of methoxy groups -OCH3 is 2. The van der Waals surface area contributed by atoms with Gasteiger partial charge in [0.25, 0.3) is 0 Å². The molecule has 7 nitrogen and oxygen atoms in total. The van der Waals surface area contributed by atoms with Crippen molar-refractivity contribution in [2.45, 2.75) is 5.75 Å². The Kier molecular flexibility index (Phi) is 7.12. The second kappa shape index (κ2) is 9.77. The molecular formula is C22H26N2O5S. The summed E-state index contributed by atoms with van der Waals surface area (Å²) in [6, 6.07) is 14.5. The first-order chi connectivity index (χ1) is 14.4. The summed E-state index contributed by atoms with van der Waals surface area (Å²) in [6.45, 7) is 1.32. The van der Waals surface area contributed by atoms with Crippen LogP contribution in [0.1, 0.15) is 11.1 Å². The van der Waals surface area contributed by atoms with Crippen molar-refractivity contribution in [2.24, 2.45) is 0 Å². The lowest BCUT2D eigenvalue weighted by Gasteiger charge is -2.33. The number of carbonyl (C=O) groups is 1. The highest BCUT2D eigenvalue weighted by molar-refractivity contribution is 7.88. The number of nitrogens with zero attached hydrogens (tertiary/aromatic N) is 2. The molecule has 30 heavy (non-hydrogen) atoms. The molecule has 1 amide bonds. The minimum Gasteiger partial charge on any atom is -0.493 e. The van der Waals surface area contributed by atoms with Gasteiger partial charge in [-0.1, -0.05) is 36.4 Å². The lowest BCUT2D eigenvalue weighted by molar-refractivity contribution is -0.127. The van der Waals surface area contributed by atoms with Crippen LogP contribution in [0.4, 0.5) is 0 Å². The van der Waals surface area contributed by atoms with Crippen LogP contribution in [0, 0.1) is 0 Å². The van der Waals surface area contributed by atoms with E-state index in [0.717, 1.165) is 11.1 Å². The van der Waals surface area contributed by atoms with Crippen LogP contribution in [0.15, 0.2) is 54.6 Å².